The van der Waals surface area contributed by atoms with Gasteiger partial charge in [0, 0.05) is 18.5 Å². The average Bonchev–Trinajstić information content (AvgIpc) is 2.95. The van der Waals surface area contributed by atoms with Crippen molar-refractivity contribution in [1.29, 1.82) is 0 Å². The molecule has 1 heterocycles. The molecule has 0 fully saturated rings. The third-order valence-electron chi connectivity index (χ3n) is 3.92. The molecule has 26 heavy (non-hydrogen) atoms. The molecule has 0 spiro atoms. The van der Waals surface area contributed by atoms with Crippen molar-refractivity contribution in [1.82, 2.24) is 15.6 Å². The summed E-state index contributed by atoms with van der Waals surface area (Å²) in [5.74, 6) is 2.27. The van der Waals surface area contributed by atoms with Crippen molar-refractivity contribution in [2.45, 2.75) is 40.7 Å². The van der Waals surface area contributed by atoms with Gasteiger partial charge in [-0.15, -0.1) is 11.3 Å². The van der Waals surface area contributed by atoms with Crippen LogP contribution in [0.3, 0.4) is 0 Å². The van der Waals surface area contributed by atoms with Crippen molar-refractivity contribution < 1.29 is 4.74 Å². The van der Waals surface area contributed by atoms with Gasteiger partial charge >= 0.3 is 0 Å². The van der Waals surface area contributed by atoms with E-state index in [4.69, 9.17) is 4.74 Å². The quantitative estimate of drug-likeness (QED) is 0.546. The zero-order chi connectivity index (χ0) is 18.9. The standard InChI is InChI=1S/C20H30N4OS/c1-14(2)13-25-18-8-6-17(7-9-18)10-11-22-20(21-5)23-12-19-24-15(3)16(4)26-19/h6-9,14H,10-13H2,1-5H3,(H2,21,22,23). The summed E-state index contributed by atoms with van der Waals surface area (Å²) in [7, 11) is 1.79. The summed E-state index contributed by atoms with van der Waals surface area (Å²) < 4.78 is 5.72. The molecule has 0 saturated carbocycles. The molecule has 0 saturated heterocycles. The number of nitrogens with one attached hydrogen (secondary N) is 2. The number of aryl methyl sites for hydroxylation is 2. The SMILES string of the molecule is CN=C(NCCc1ccc(OCC(C)C)cc1)NCc1nc(C)c(C)s1. The Morgan fingerprint density at radius 3 is 2.50 bits per heavy atom. The fourth-order valence-electron chi connectivity index (χ4n) is 2.34. The number of benzene rings is 1. The molecule has 2 rings (SSSR count). The summed E-state index contributed by atoms with van der Waals surface area (Å²) in [4.78, 5) is 10.1. The summed E-state index contributed by atoms with van der Waals surface area (Å²) in [6, 6.07) is 8.32. The van der Waals surface area contributed by atoms with Gasteiger partial charge in [0.25, 0.3) is 0 Å². The van der Waals surface area contributed by atoms with Crippen LogP contribution < -0.4 is 15.4 Å². The molecule has 2 aromatic rings. The third-order valence-corrected chi connectivity index (χ3v) is 4.99. The van der Waals surface area contributed by atoms with Crippen LogP contribution in [0.15, 0.2) is 29.3 Å². The number of thiazole rings is 1. The van der Waals surface area contributed by atoms with Crippen molar-refractivity contribution in [3.05, 3.63) is 45.4 Å². The first-order valence-electron chi connectivity index (χ1n) is 9.07. The first-order chi connectivity index (χ1) is 12.5. The highest BCUT2D eigenvalue weighted by molar-refractivity contribution is 7.11. The lowest BCUT2D eigenvalue weighted by Gasteiger charge is -2.12. The van der Waals surface area contributed by atoms with Gasteiger partial charge in [0.15, 0.2) is 5.96 Å². The predicted octanol–water partition coefficient (Wildman–Crippen LogP) is 3.70. The van der Waals surface area contributed by atoms with Gasteiger partial charge in [0.1, 0.15) is 10.8 Å². The number of nitrogens with zero attached hydrogens (tertiary/aromatic N) is 2. The number of rotatable bonds is 8. The highest BCUT2D eigenvalue weighted by Gasteiger charge is 2.05. The maximum Gasteiger partial charge on any atom is 0.191 e. The second kappa shape index (κ2) is 10.2. The Bertz CT molecular complexity index is 688. The van der Waals surface area contributed by atoms with Crippen LogP contribution in [-0.2, 0) is 13.0 Å². The first kappa shape index (κ1) is 20.2. The van der Waals surface area contributed by atoms with Crippen LogP contribution >= 0.6 is 11.3 Å². The van der Waals surface area contributed by atoms with Crippen LogP contribution in [0, 0.1) is 19.8 Å². The van der Waals surface area contributed by atoms with Crippen LogP contribution in [-0.4, -0.2) is 31.1 Å². The fourth-order valence-corrected chi connectivity index (χ4v) is 3.21. The van der Waals surface area contributed by atoms with E-state index >= 15 is 0 Å². The van der Waals surface area contributed by atoms with Gasteiger partial charge in [-0.2, -0.15) is 0 Å². The van der Waals surface area contributed by atoms with Gasteiger partial charge in [0.2, 0.25) is 0 Å². The predicted molar refractivity (Wildman–Crippen MR) is 110 cm³/mol. The lowest BCUT2D eigenvalue weighted by atomic mass is 10.1. The molecule has 5 nitrogen and oxygen atoms in total. The highest BCUT2D eigenvalue weighted by Crippen LogP contribution is 2.16. The van der Waals surface area contributed by atoms with Crippen LogP contribution in [0.1, 0.15) is 35.0 Å². The van der Waals surface area contributed by atoms with Crippen molar-refractivity contribution in [2.75, 3.05) is 20.2 Å². The Morgan fingerprint density at radius 1 is 1.19 bits per heavy atom. The lowest BCUT2D eigenvalue weighted by molar-refractivity contribution is 0.271. The largest absolute Gasteiger partial charge is 0.493 e. The van der Waals surface area contributed by atoms with E-state index in [9.17, 15) is 0 Å². The molecule has 1 aromatic carbocycles. The summed E-state index contributed by atoms with van der Waals surface area (Å²) in [6.45, 7) is 10.7. The van der Waals surface area contributed by atoms with Crippen LogP contribution in [0.5, 0.6) is 5.75 Å². The molecule has 0 amide bonds. The minimum absolute atomic E-state index is 0.537. The maximum atomic E-state index is 5.72. The van der Waals surface area contributed by atoms with Gasteiger partial charge in [0.05, 0.1) is 18.8 Å². The van der Waals surface area contributed by atoms with E-state index in [0.29, 0.717) is 12.5 Å². The number of guanidine groups is 1. The number of aromatic nitrogens is 1. The van der Waals surface area contributed by atoms with E-state index in [1.54, 1.807) is 18.4 Å². The third kappa shape index (κ3) is 6.67. The van der Waals surface area contributed by atoms with Crippen molar-refractivity contribution in [3.8, 4) is 5.75 Å². The number of aliphatic imine (C=N–C) groups is 1. The monoisotopic (exact) mass is 374 g/mol. The lowest BCUT2D eigenvalue weighted by Crippen LogP contribution is -2.37. The molecule has 0 unspecified atom stereocenters. The molecule has 0 radical (unpaired) electrons. The molecule has 1 aromatic heterocycles. The molecule has 0 atom stereocenters. The summed E-state index contributed by atoms with van der Waals surface area (Å²) in [6.07, 6.45) is 0.931. The zero-order valence-corrected chi connectivity index (χ0v) is 17.2. The van der Waals surface area contributed by atoms with Gasteiger partial charge < -0.3 is 15.4 Å². The molecule has 6 heteroatoms. The maximum absolute atomic E-state index is 5.72. The van der Waals surface area contributed by atoms with E-state index in [0.717, 1.165) is 42.0 Å². The fraction of sp³-hybridized carbons (Fsp3) is 0.500. The van der Waals surface area contributed by atoms with Crippen LogP contribution in [0.2, 0.25) is 0 Å². The summed E-state index contributed by atoms with van der Waals surface area (Å²) in [5.41, 5.74) is 2.38. The second-order valence-electron chi connectivity index (χ2n) is 6.70. The van der Waals surface area contributed by atoms with E-state index in [2.05, 4.69) is 53.5 Å². The van der Waals surface area contributed by atoms with Crippen molar-refractivity contribution >= 4 is 17.3 Å². The van der Waals surface area contributed by atoms with Gasteiger partial charge in [-0.3, -0.25) is 4.99 Å². The van der Waals surface area contributed by atoms with Crippen LogP contribution in [0.25, 0.3) is 0 Å². The molecule has 0 aliphatic heterocycles. The Balaban J connectivity index is 1.73. The molecule has 142 valence electrons. The zero-order valence-electron chi connectivity index (χ0n) is 16.4. The molecule has 2 N–H and O–H groups in total. The normalized spacial score (nSPS) is 11.7. The van der Waals surface area contributed by atoms with Crippen LogP contribution in [0.4, 0.5) is 0 Å². The van der Waals surface area contributed by atoms with Crippen molar-refractivity contribution in [3.63, 3.8) is 0 Å². The number of ether oxygens (including phenoxy) is 1. The molecule has 0 aliphatic rings. The van der Waals surface area contributed by atoms with E-state index in [-0.39, 0.29) is 0 Å². The first-order valence-corrected chi connectivity index (χ1v) is 9.88. The minimum atomic E-state index is 0.537. The Morgan fingerprint density at radius 2 is 1.92 bits per heavy atom. The summed E-state index contributed by atoms with van der Waals surface area (Å²) >= 11 is 1.73. The topological polar surface area (TPSA) is 58.5 Å². The van der Waals surface area contributed by atoms with E-state index < -0.39 is 0 Å². The van der Waals surface area contributed by atoms with E-state index in [1.807, 2.05) is 19.1 Å². The Kier molecular flexibility index (Phi) is 7.91. The molecule has 0 aliphatic carbocycles. The molecular formula is C20H30N4OS. The summed E-state index contributed by atoms with van der Waals surface area (Å²) in [5, 5.41) is 7.75. The minimum Gasteiger partial charge on any atom is -0.493 e. The average molecular weight is 375 g/mol. The van der Waals surface area contributed by atoms with Gasteiger partial charge in [-0.05, 0) is 43.9 Å². The van der Waals surface area contributed by atoms with Gasteiger partial charge in [-0.25, -0.2) is 4.98 Å². The smallest absolute Gasteiger partial charge is 0.191 e. The Hall–Kier alpha value is -2.08. The second-order valence-corrected chi connectivity index (χ2v) is 7.99. The molecule has 0 bridgehead atoms. The number of hydrogen-bond acceptors (Lipinski definition) is 4. The Labute approximate surface area is 160 Å². The van der Waals surface area contributed by atoms with Crippen molar-refractivity contribution in [2.24, 2.45) is 10.9 Å². The van der Waals surface area contributed by atoms with E-state index in [1.165, 1.54) is 10.4 Å². The number of hydrogen-bond donors (Lipinski definition) is 2. The highest BCUT2D eigenvalue weighted by atomic mass is 32.1. The van der Waals surface area contributed by atoms with Gasteiger partial charge in [-0.1, -0.05) is 26.0 Å². The molecular weight excluding hydrogens is 344 g/mol.